The summed E-state index contributed by atoms with van der Waals surface area (Å²) < 4.78 is 17.4. The topological polar surface area (TPSA) is 80.3 Å². The second-order valence-electron chi connectivity index (χ2n) is 5.83. The average Bonchev–Trinajstić information content (AvgIpc) is 2.73. The Bertz CT molecular complexity index is 760. The van der Waals surface area contributed by atoms with Crippen molar-refractivity contribution in [2.24, 2.45) is 0 Å². The van der Waals surface area contributed by atoms with E-state index in [4.69, 9.17) is 13.6 Å². The Kier molecular flexibility index (Phi) is 9.22. The third-order valence-electron chi connectivity index (χ3n) is 3.75. The van der Waals surface area contributed by atoms with Crippen molar-refractivity contribution in [2.45, 2.75) is 26.9 Å². The maximum absolute atomic E-state index is 12.1. The van der Waals surface area contributed by atoms with E-state index in [2.05, 4.69) is 9.78 Å². The van der Waals surface area contributed by atoms with E-state index in [1.807, 2.05) is 20.8 Å². The van der Waals surface area contributed by atoms with Crippen LogP contribution in [0.25, 0.3) is 0 Å². The molecule has 0 aromatic heterocycles. The molecule has 0 aliphatic carbocycles. The van der Waals surface area contributed by atoms with E-state index in [1.54, 1.807) is 54.6 Å². The Morgan fingerprint density at radius 3 is 1.59 bits per heavy atom. The minimum absolute atomic E-state index is 0.253. The molecule has 8 heteroatoms. The quantitative estimate of drug-likeness (QED) is 0.304. The fraction of sp³-hybridized carbons (Fsp3) is 0.333. The van der Waals surface area contributed by atoms with Gasteiger partial charge >= 0.3 is 19.9 Å². The zero-order valence-electron chi connectivity index (χ0n) is 16.8. The minimum Gasteiger partial charge on any atom is -0.242 e. The zero-order valence-corrected chi connectivity index (χ0v) is 17.7. The van der Waals surface area contributed by atoms with Gasteiger partial charge in [0.15, 0.2) is 6.16 Å². The highest BCUT2D eigenvalue weighted by Gasteiger charge is 2.44. The van der Waals surface area contributed by atoms with Crippen molar-refractivity contribution in [1.82, 2.24) is 0 Å². The summed E-state index contributed by atoms with van der Waals surface area (Å²) in [6.45, 7) is 7.11. The average molecular weight is 421 g/mol. The molecule has 0 unspecified atom stereocenters. The molecular formula is C21H26O7P+. The van der Waals surface area contributed by atoms with Crippen LogP contribution in [0.1, 0.15) is 47.1 Å². The van der Waals surface area contributed by atoms with E-state index < -0.39 is 19.9 Å². The lowest BCUT2D eigenvalue weighted by molar-refractivity contribution is -0.187. The van der Waals surface area contributed by atoms with Crippen molar-refractivity contribution in [1.29, 1.82) is 0 Å². The summed E-state index contributed by atoms with van der Waals surface area (Å²) in [6.07, 6.45) is 0.459. The van der Waals surface area contributed by atoms with Crippen molar-refractivity contribution < 1.29 is 32.9 Å². The smallest absolute Gasteiger partial charge is 0.242 e. The molecule has 0 amide bonds. The number of rotatable bonds is 10. The SMILES string of the molecule is CCO[P+](Cc1ccc(C(=O)OOC(=O)c2ccccc2)cc1)(OCC)OCC. The van der Waals surface area contributed by atoms with Crippen molar-refractivity contribution in [3.05, 3.63) is 71.3 Å². The van der Waals surface area contributed by atoms with Crippen LogP contribution in [0.4, 0.5) is 0 Å². The van der Waals surface area contributed by atoms with Crippen LogP contribution < -0.4 is 0 Å². The van der Waals surface area contributed by atoms with Gasteiger partial charge < -0.3 is 0 Å². The fourth-order valence-corrected chi connectivity index (χ4v) is 4.89. The van der Waals surface area contributed by atoms with E-state index >= 15 is 0 Å². The molecule has 29 heavy (non-hydrogen) atoms. The molecule has 2 aromatic rings. The van der Waals surface area contributed by atoms with E-state index in [-0.39, 0.29) is 5.56 Å². The largest absolute Gasteiger partial charge is 0.416 e. The summed E-state index contributed by atoms with van der Waals surface area (Å²) in [5.74, 6) is -1.50. The van der Waals surface area contributed by atoms with Crippen molar-refractivity contribution in [2.75, 3.05) is 19.8 Å². The molecule has 7 nitrogen and oxygen atoms in total. The monoisotopic (exact) mass is 421 g/mol. The maximum atomic E-state index is 12.1. The lowest BCUT2D eigenvalue weighted by Crippen LogP contribution is -2.12. The normalized spacial score (nSPS) is 11.1. The van der Waals surface area contributed by atoms with E-state index in [0.717, 1.165) is 5.56 Å². The molecule has 0 heterocycles. The Morgan fingerprint density at radius 2 is 1.14 bits per heavy atom. The standard InChI is InChI=1S/C21H26O7P/c1-4-24-29(25-5-2,26-6-3)16-17-12-14-19(15-13-17)21(23)28-27-20(22)18-10-8-7-9-11-18/h7-15H,4-6,16H2,1-3H3/q+1. The Balaban J connectivity index is 1.99. The molecule has 2 aromatic carbocycles. The van der Waals surface area contributed by atoms with Crippen LogP contribution in [-0.4, -0.2) is 31.8 Å². The molecular weight excluding hydrogens is 395 g/mol. The van der Waals surface area contributed by atoms with Crippen LogP contribution in [0.5, 0.6) is 0 Å². The van der Waals surface area contributed by atoms with Crippen LogP contribution in [-0.2, 0) is 29.5 Å². The van der Waals surface area contributed by atoms with E-state index in [1.165, 1.54) is 0 Å². The minimum atomic E-state index is -2.50. The highest BCUT2D eigenvalue weighted by atomic mass is 31.2. The molecule has 0 atom stereocenters. The van der Waals surface area contributed by atoms with Gasteiger partial charge in [0, 0.05) is 0 Å². The number of carbonyl (C=O) groups is 2. The summed E-state index contributed by atoms with van der Waals surface area (Å²) in [5, 5.41) is 0. The number of benzene rings is 2. The predicted octanol–water partition coefficient (Wildman–Crippen LogP) is 4.99. The Morgan fingerprint density at radius 1 is 0.690 bits per heavy atom. The highest BCUT2D eigenvalue weighted by molar-refractivity contribution is 7.60. The van der Waals surface area contributed by atoms with Crippen molar-refractivity contribution in [3.63, 3.8) is 0 Å². The molecule has 0 aliphatic heterocycles. The van der Waals surface area contributed by atoms with Gasteiger partial charge in [0.05, 0.1) is 30.9 Å². The maximum Gasteiger partial charge on any atom is 0.416 e. The van der Waals surface area contributed by atoms with Gasteiger partial charge in [-0.05, 0) is 50.6 Å². The summed E-state index contributed by atoms with van der Waals surface area (Å²) in [6, 6.07) is 15.0. The van der Waals surface area contributed by atoms with Gasteiger partial charge in [-0.1, -0.05) is 30.3 Å². The van der Waals surface area contributed by atoms with Gasteiger partial charge in [-0.25, -0.2) is 19.4 Å². The van der Waals surface area contributed by atoms with Crippen LogP contribution in [0.3, 0.4) is 0 Å². The first-order valence-electron chi connectivity index (χ1n) is 9.42. The first kappa shape index (κ1) is 23.0. The first-order valence-corrected chi connectivity index (χ1v) is 11.1. The molecule has 0 fully saturated rings. The molecule has 0 bridgehead atoms. The van der Waals surface area contributed by atoms with Crippen LogP contribution in [0.15, 0.2) is 54.6 Å². The van der Waals surface area contributed by atoms with Gasteiger partial charge in [0.1, 0.15) is 0 Å². The zero-order chi connectivity index (χ0) is 21.1. The molecule has 2 rings (SSSR count). The Labute approximate surface area is 171 Å². The molecule has 156 valence electrons. The Hall–Kier alpha value is -2.31. The fourth-order valence-electron chi connectivity index (χ4n) is 2.55. The van der Waals surface area contributed by atoms with Gasteiger partial charge in [0.25, 0.3) is 0 Å². The number of carbonyl (C=O) groups excluding carboxylic acids is 2. The molecule has 0 saturated carbocycles. The van der Waals surface area contributed by atoms with Gasteiger partial charge in [-0.15, -0.1) is 0 Å². The molecule has 0 radical (unpaired) electrons. The first-order chi connectivity index (χ1) is 14.0. The molecule has 0 spiro atoms. The predicted molar refractivity (Wildman–Crippen MR) is 109 cm³/mol. The molecule has 0 N–H and O–H groups in total. The van der Waals surface area contributed by atoms with Crippen molar-refractivity contribution >= 4 is 19.9 Å². The van der Waals surface area contributed by atoms with Crippen LogP contribution in [0.2, 0.25) is 0 Å². The van der Waals surface area contributed by atoms with Crippen LogP contribution in [0, 0.1) is 0 Å². The lowest BCUT2D eigenvalue weighted by atomic mass is 10.1. The summed E-state index contributed by atoms with van der Waals surface area (Å²) in [5.41, 5.74) is 1.44. The summed E-state index contributed by atoms with van der Waals surface area (Å²) in [7, 11) is -2.50. The van der Waals surface area contributed by atoms with Gasteiger partial charge in [-0.3, -0.25) is 0 Å². The second kappa shape index (κ2) is 11.6. The number of hydrogen-bond acceptors (Lipinski definition) is 7. The summed E-state index contributed by atoms with van der Waals surface area (Å²) in [4.78, 5) is 33.2. The van der Waals surface area contributed by atoms with Gasteiger partial charge in [-0.2, -0.15) is 13.6 Å². The molecule has 0 aliphatic rings. The van der Waals surface area contributed by atoms with E-state index in [9.17, 15) is 9.59 Å². The highest BCUT2D eigenvalue weighted by Crippen LogP contribution is 2.64. The summed E-state index contributed by atoms with van der Waals surface area (Å²) >= 11 is 0. The number of hydrogen-bond donors (Lipinski definition) is 0. The van der Waals surface area contributed by atoms with Crippen LogP contribution >= 0.6 is 7.94 Å². The second-order valence-corrected chi connectivity index (χ2v) is 8.14. The third kappa shape index (κ3) is 6.91. The lowest BCUT2D eigenvalue weighted by Gasteiger charge is -2.21. The van der Waals surface area contributed by atoms with E-state index in [0.29, 0.717) is 31.5 Å². The molecule has 0 saturated heterocycles. The van der Waals surface area contributed by atoms with Crippen molar-refractivity contribution in [3.8, 4) is 0 Å². The third-order valence-corrected chi connectivity index (χ3v) is 6.45. The van der Waals surface area contributed by atoms with Gasteiger partial charge in [0.2, 0.25) is 0 Å².